The third-order valence-corrected chi connectivity index (χ3v) is 4.68. The van der Waals surface area contributed by atoms with Gasteiger partial charge in [0.2, 0.25) is 0 Å². The lowest BCUT2D eigenvalue weighted by Crippen LogP contribution is -2.32. The van der Waals surface area contributed by atoms with Gasteiger partial charge in [-0.3, -0.25) is 4.79 Å². The topological polar surface area (TPSA) is 26.3 Å². The van der Waals surface area contributed by atoms with Crippen LogP contribution in [0.5, 0.6) is 0 Å². The molecule has 2 nitrogen and oxygen atoms in total. The van der Waals surface area contributed by atoms with Crippen molar-refractivity contribution >= 4 is 5.97 Å². The molecule has 2 heteroatoms. The fourth-order valence-corrected chi connectivity index (χ4v) is 4.06. The van der Waals surface area contributed by atoms with Crippen LogP contribution in [0.3, 0.4) is 0 Å². The molecular formula is C14H20O2. The van der Waals surface area contributed by atoms with Gasteiger partial charge in [-0.15, -0.1) is 0 Å². The number of hydrogen-bond acceptors (Lipinski definition) is 2. The number of allylic oxidation sites excluding steroid dienone is 2. The molecule has 2 saturated carbocycles. The van der Waals surface area contributed by atoms with E-state index in [9.17, 15) is 4.79 Å². The quantitative estimate of drug-likeness (QED) is 0.540. The Hall–Kier alpha value is -0.790. The molecular weight excluding hydrogens is 200 g/mol. The molecule has 0 aromatic carbocycles. The molecule has 5 atom stereocenters. The van der Waals surface area contributed by atoms with Gasteiger partial charge in [0, 0.05) is 6.42 Å². The molecule has 0 amide bonds. The highest BCUT2D eigenvalue weighted by atomic mass is 16.5. The zero-order valence-electron chi connectivity index (χ0n) is 9.89. The maximum absolute atomic E-state index is 11.5. The number of rotatable bonds is 3. The van der Waals surface area contributed by atoms with E-state index < -0.39 is 0 Å². The number of fused-ring (bicyclic) bond motifs is 5. The van der Waals surface area contributed by atoms with Gasteiger partial charge in [-0.1, -0.05) is 19.1 Å². The Bertz CT molecular complexity index is 321. The highest BCUT2D eigenvalue weighted by molar-refractivity contribution is 5.69. The minimum atomic E-state index is 0.0163. The van der Waals surface area contributed by atoms with Crippen molar-refractivity contribution in [1.29, 1.82) is 0 Å². The molecule has 0 aromatic heterocycles. The monoisotopic (exact) mass is 220 g/mol. The average Bonchev–Trinajstić information content (AvgIpc) is 2.86. The first kappa shape index (κ1) is 10.4. The van der Waals surface area contributed by atoms with Crippen LogP contribution in [0, 0.1) is 23.7 Å². The summed E-state index contributed by atoms with van der Waals surface area (Å²) in [5, 5.41) is 0. The van der Waals surface area contributed by atoms with Crippen molar-refractivity contribution in [3.8, 4) is 0 Å². The molecule has 88 valence electrons. The highest BCUT2D eigenvalue weighted by Gasteiger charge is 2.53. The zero-order chi connectivity index (χ0) is 11.1. The second-order valence-electron chi connectivity index (χ2n) is 5.58. The Morgan fingerprint density at radius 1 is 1.38 bits per heavy atom. The second-order valence-corrected chi connectivity index (χ2v) is 5.58. The second kappa shape index (κ2) is 3.90. The molecule has 2 bridgehead atoms. The normalized spacial score (nSPS) is 43.7. The molecule has 3 aliphatic rings. The summed E-state index contributed by atoms with van der Waals surface area (Å²) in [7, 11) is 0. The lowest BCUT2D eigenvalue weighted by atomic mass is 9.80. The maximum Gasteiger partial charge on any atom is 0.306 e. The third-order valence-electron chi connectivity index (χ3n) is 4.68. The number of ether oxygens (including phenoxy) is 1. The molecule has 16 heavy (non-hydrogen) atoms. The summed E-state index contributed by atoms with van der Waals surface area (Å²) in [6.07, 6.45) is 10.1. The SMILES string of the molecule is CCCC(=O)OC1CC2CC1C1CC=CC21. The van der Waals surface area contributed by atoms with E-state index in [0.717, 1.165) is 30.6 Å². The van der Waals surface area contributed by atoms with E-state index in [4.69, 9.17) is 4.74 Å². The van der Waals surface area contributed by atoms with Gasteiger partial charge in [0.1, 0.15) is 6.10 Å². The Labute approximate surface area is 97.1 Å². The minimum absolute atomic E-state index is 0.0163. The zero-order valence-corrected chi connectivity index (χ0v) is 9.89. The average molecular weight is 220 g/mol. The molecule has 0 saturated heterocycles. The van der Waals surface area contributed by atoms with Gasteiger partial charge in [-0.05, 0) is 49.4 Å². The fraction of sp³-hybridized carbons (Fsp3) is 0.786. The Morgan fingerprint density at radius 3 is 3.06 bits per heavy atom. The van der Waals surface area contributed by atoms with Crippen LogP contribution >= 0.6 is 0 Å². The van der Waals surface area contributed by atoms with Crippen LogP contribution in [0.4, 0.5) is 0 Å². The Balaban J connectivity index is 1.62. The molecule has 2 fully saturated rings. The van der Waals surface area contributed by atoms with Crippen LogP contribution in [-0.2, 0) is 9.53 Å². The van der Waals surface area contributed by atoms with Crippen molar-refractivity contribution < 1.29 is 9.53 Å². The van der Waals surface area contributed by atoms with Crippen LogP contribution in [-0.4, -0.2) is 12.1 Å². The van der Waals surface area contributed by atoms with Gasteiger partial charge in [0.25, 0.3) is 0 Å². The van der Waals surface area contributed by atoms with Crippen molar-refractivity contribution in [3.63, 3.8) is 0 Å². The summed E-state index contributed by atoms with van der Waals surface area (Å²) in [5.41, 5.74) is 0. The van der Waals surface area contributed by atoms with Crippen LogP contribution in [0.2, 0.25) is 0 Å². The Morgan fingerprint density at radius 2 is 2.25 bits per heavy atom. The van der Waals surface area contributed by atoms with E-state index in [1.807, 2.05) is 6.92 Å². The van der Waals surface area contributed by atoms with Crippen molar-refractivity contribution in [1.82, 2.24) is 0 Å². The van der Waals surface area contributed by atoms with Gasteiger partial charge in [-0.2, -0.15) is 0 Å². The minimum Gasteiger partial charge on any atom is -0.462 e. The standard InChI is InChI=1S/C14H20O2/c1-2-4-14(15)16-13-8-9-7-12(13)11-6-3-5-10(9)11/h3,5,9-13H,2,4,6-8H2,1H3. The van der Waals surface area contributed by atoms with Gasteiger partial charge < -0.3 is 4.74 Å². The number of carbonyl (C=O) groups is 1. The molecule has 3 aliphatic carbocycles. The number of hydrogen-bond donors (Lipinski definition) is 0. The smallest absolute Gasteiger partial charge is 0.306 e. The number of carbonyl (C=O) groups excluding carboxylic acids is 1. The van der Waals surface area contributed by atoms with E-state index in [0.29, 0.717) is 12.3 Å². The van der Waals surface area contributed by atoms with Crippen molar-refractivity contribution in [3.05, 3.63) is 12.2 Å². The predicted molar refractivity (Wildman–Crippen MR) is 61.7 cm³/mol. The summed E-state index contributed by atoms with van der Waals surface area (Å²) in [6.45, 7) is 2.03. The van der Waals surface area contributed by atoms with E-state index in [2.05, 4.69) is 12.2 Å². The molecule has 0 radical (unpaired) electrons. The summed E-state index contributed by atoms with van der Waals surface area (Å²) >= 11 is 0. The summed E-state index contributed by atoms with van der Waals surface area (Å²) < 4.78 is 5.63. The van der Waals surface area contributed by atoms with Crippen molar-refractivity contribution in [2.45, 2.75) is 45.1 Å². The first-order valence-electron chi connectivity index (χ1n) is 6.65. The first-order valence-corrected chi connectivity index (χ1v) is 6.65. The molecule has 3 rings (SSSR count). The summed E-state index contributed by atoms with van der Waals surface area (Å²) in [5.74, 6) is 3.07. The summed E-state index contributed by atoms with van der Waals surface area (Å²) in [4.78, 5) is 11.5. The van der Waals surface area contributed by atoms with Gasteiger partial charge in [0.05, 0.1) is 0 Å². The fourth-order valence-electron chi connectivity index (χ4n) is 4.06. The van der Waals surface area contributed by atoms with E-state index in [-0.39, 0.29) is 12.1 Å². The van der Waals surface area contributed by atoms with Gasteiger partial charge in [0.15, 0.2) is 0 Å². The maximum atomic E-state index is 11.5. The Kier molecular flexibility index (Phi) is 2.53. The van der Waals surface area contributed by atoms with Crippen LogP contribution in [0.1, 0.15) is 39.0 Å². The first-order chi connectivity index (χ1) is 7.79. The van der Waals surface area contributed by atoms with Gasteiger partial charge in [-0.25, -0.2) is 0 Å². The lowest BCUT2D eigenvalue weighted by molar-refractivity contribution is -0.153. The molecule has 0 N–H and O–H groups in total. The molecule has 0 aliphatic heterocycles. The number of esters is 1. The van der Waals surface area contributed by atoms with E-state index in [1.54, 1.807) is 0 Å². The lowest BCUT2D eigenvalue weighted by Gasteiger charge is -2.31. The van der Waals surface area contributed by atoms with Crippen molar-refractivity contribution in [2.24, 2.45) is 23.7 Å². The van der Waals surface area contributed by atoms with E-state index in [1.165, 1.54) is 12.8 Å². The molecule has 0 heterocycles. The van der Waals surface area contributed by atoms with Crippen LogP contribution in [0.15, 0.2) is 12.2 Å². The molecule has 0 spiro atoms. The molecule has 0 aromatic rings. The highest BCUT2D eigenvalue weighted by Crippen LogP contribution is 2.57. The van der Waals surface area contributed by atoms with Gasteiger partial charge >= 0.3 is 5.97 Å². The van der Waals surface area contributed by atoms with Crippen LogP contribution in [0.25, 0.3) is 0 Å². The third kappa shape index (κ3) is 1.50. The van der Waals surface area contributed by atoms with E-state index >= 15 is 0 Å². The largest absolute Gasteiger partial charge is 0.462 e. The van der Waals surface area contributed by atoms with Crippen LogP contribution < -0.4 is 0 Å². The summed E-state index contributed by atoms with van der Waals surface area (Å²) in [6, 6.07) is 0. The predicted octanol–water partition coefficient (Wildman–Crippen LogP) is 2.93. The molecule has 5 unspecified atom stereocenters. The van der Waals surface area contributed by atoms with Crippen molar-refractivity contribution in [2.75, 3.05) is 0 Å².